The topological polar surface area (TPSA) is 75.5 Å². The fourth-order valence-corrected chi connectivity index (χ4v) is 4.11. The van der Waals surface area contributed by atoms with Crippen molar-refractivity contribution in [3.05, 3.63) is 40.8 Å². The highest BCUT2D eigenvalue weighted by Gasteiger charge is 2.32. The van der Waals surface area contributed by atoms with Crippen LogP contribution >= 0.6 is 0 Å². The summed E-state index contributed by atoms with van der Waals surface area (Å²) in [6, 6.07) is 7.30. The number of hydrogen-bond donors (Lipinski definition) is 0. The van der Waals surface area contributed by atoms with E-state index < -0.39 is 0 Å². The Morgan fingerprint density at radius 1 is 1.04 bits per heavy atom. The van der Waals surface area contributed by atoms with Crippen molar-refractivity contribution in [2.75, 3.05) is 26.2 Å². The van der Waals surface area contributed by atoms with Crippen LogP contribution in [0.15, 0.2) is 35.3 Å². The Morgan fingerprint density at radius 3 is 2.59 bits per heavy atom. The molecule has 27 heavy (non-hydrogen) atoms. The van der Waals surface area contributed by atoms with E-state index in [-0.39, 0.29) is 29.8 Å². The van der Waals surface area contributed by atoms with Crippen molar-refractivity contribution in [3.63, 3.8) is 0 Å². The SMILES string of the molecule is O=C(Cn1c(=O)cnc2ccccc21)N1CCCC(C(=O)N2CCCC2)C1. The van der Waals surface area contributed by atoms with Crippen LogP contribution in [0, 0.1) is 5.92 Å². The Kier molecular flexibility index (Phi) is 4.92. The molecule has 1 aromatic heterocycles. The number of para-hydroxylation sites is 2. The molecule has 0 bridgehead atoms. The molecular formula is C20H24N4O3. The average Bonchev–Trinajstić information content (AvgIpc) is 3.24. The van der Waals surface area contributed by atoms with Gasteiger partial charge in [-0.15, -0.1) is 0 Å². The van der Waals surface area contributed by atoms with E-state index in [0.29, 0.717) is 24.1 Å². The largest absolute Gasteiger partial charge is 0.342 e. The predicted molar refractivity (Wildman–Crippen MR) is 101 cm³/mol. The van der Waals surface area contributed by atoms with E-state index in [4.69, 9.17) is 0 Å². The number of likely N-dealkylation sites (tertiary alicyclic amines) is 2. The van der Waals surface area contributed by atoms with Crippen molar-refractivity contribution in [2.24, 2.45) is 5.92 Å². The van der Waals surface area contributed by atoms with Crippen LogP contribution in [-0.4, -0.2) is 57.3 Å². The van der Waals surface area contributed by atoms with E-state index in [1.54, 1.807) is 11.0 Å². The second-order valence-electron chi connectivity index (χ2n) is 7.38. The summed E-state index contributed by atoms with van der Waals surface area (Å²) in [4.78, 5) is 45.6. The monoisotopic (exact) mass is 368 g/mol. The zero-order chi connectivity index (χ0) is 18.8. The van der Waals surface area contributed by atoms with Crippen LogP contribution in [0.1, 0.15) is 25.7 Å². The summed E-state index contributed by atoms with van der Waals surface area (Å²) in [6.45, 7) is 2.74. The molecule has 2 aliphatic heterocycles. The molecule has 7 nitrogen and oxygen atoms in total. The van der Waals surface area contributed by atoms with Gasteiger partial charge in [0.15, 0.2) is 0 Å². The first-order valence-corrected chi connectivity index (χ1v) is 9.64. The van der Waals surface area contributed by atoms with Crippen LogP contribution in [0.3, 0.4) is 0 Å². The quantitative estimate of drug-likeness (QED) is 0.817. The Bertz CT molecular complexity index is 917. The van der Waals surface area contributed by atoms with Gasteiger partial charge in [0.2, 0.25) is 11.8 Å². The standard InChI is InChI=1S/C20H24N4O3/c25-18-12-21-16-7-1-2-8-17(16)24(18)14-19(26)23-11-5-6-15(13-23)20(27)22-9-3-4-10-22/h1-2,7-8,12,15H,3-6,9-11,13-14H2. The lowest BCUT2D eigenvalue weighted by Crippen LogP contribution is -2.47. The number of benzene rings is 1. The summed E-state index contributed by atoms with van der Waals surface area (Å²) in [5.74, 6) is -0.0596. The smallest absolute Gasteiger partial charge is 0.269 e. The third-order valence-electron chi connectivity index (χ3n) is 5.59. The fourth-order valence-electron chi connectivity index (χ4n) is 4.11. The number of carbonyl (C=O) groups is 2. The molecule has 0 aliphatic carbocycles. The Hall–Kier alpha value is -2.70. The minimum absolute atomic E-state index is 0.0213. The Balaban J connectivity index is 1.49. The molecule has 7 heteroatoms. The molecule has 1 unspecified atom stereocenters. The molecule has 142 valence electrons. The highest BCUT2D eigenvalue weighted by atomic mass is 16.2. The Labute approximate surface area is 157 Å². The molecule has 0 N–H and O–H groups in total. The third kappa shape index (κ3) is 3.59. The van der Waals surface area contributed by atoms with E-state index in [0.717, 1.165) is 38.8 Å². The fraction of sp³-hybridized carbons (Fsp3) is 0.500. The summed E-state index contributed by atoms with van der Waals surface area (Å²) in [5.41, 5.74) is 1.05. The number of aromatic nitrogens is 2. The van der Waals surface area contributed by atoms with Crippen LogP contribution < -0.4 is 5.56 Å². The van der Waals surface area contributed by atoms with Crippen molar-refractivity contribution >= 4 is 22.8 Å². The first kappa shape index (κ1) is 17.7. The minimum atomic E-state index is -0.288. The van der Waals surface area contributed by atoms with Crippen LogP contribution in [0.4, 0.5) is 0 Å². The van der Waals surface area contributed by atoms with Gasteiger partial charge in [0.05, 0.1) is 23.1 Å². The summed E-state index contributed by atoms with van der Waals surface area (Å²) < 4.78 is 1.47. The molecule has 1 atom stereocenters. The second-order valence-corrected chi connectivity index (χ2v) is 7.38. The van der Waals surface area contributed by atoms with Gasteiger partial charge in [-0.05, 0) is 37.8 Å². The van der Waals surface area contributed by atoms with E-state index >= 15 is 0 Å². The maximum absolute atomic E-state index is 12.9. The van der Waals surface area contributed by atoms with Gasteiger partial charge < -0.3 is 9.80 Å². The van der Waals surface area contributed by atoms with Crippen molar-refractivity contribution in [1.29, 1.82) is 0 Å². The van der Waals surface area contributed by atoms with Crippen molar-refractivity contribution in [1.82, 2.24) is 19.4 Å². The number of carbonyl (C=O) groups excluding carboxylic acids is 2. The summed E-state index contributed by atoms with van der Waals surface area (Å²) in [7, 11) is 0. The second kappa shape index (κ2) is 7.50. The van der Waals surface area contributed by atoms with Crippen LogP contribution in [0.25, 0.3) is 11.0 Å². The maximum atomic E-state index is 12.9. The van der Waals surface area contributed by atoms with Gasteiger partial charge in [-0.1, -0.05) is 12.1 Å². The van der Waals surface area contributed by atoms with E-state index in [1.807, 2.05) is 23.1 Å². The lowest BCUT2D eigenvalue weighted by atomic mass is 9.96. The summed E-state index contributed by atoms with van der Waals surface area (Å²) >= 11 is 0. The van der Waals surface area contributed by atoms with Crippen molar-refractivity contribution in [3.8, 4) is 0 Å². The predicted octanol–water partition coefficient (Wildman–Crippen LogP) is 1.26. The van der Waals surface area contributed by atoms with E-state index in [9.17, 15) is 14.4 Å². The molecular weight excluding hydrogens is 344 g/mol. The summed E-state index contributed by atoms with van der Waals surface area (Å²) in [6.07, 6.45) is 5.04. The number of piperidine rings is 1. The molecule has 0 spiro atoms. The molecule has 0 radical (unpaired) electrons. The van der Waals surface area contributed by atoms with Gasteiger partial charge in [0.25, 0.3) is 5.56 Å². The molecule has 2 aromatic rings. The number of nitrogens with zero attached hydrogens (tertiary/aromatic N) is 4. The maximum Gasteiger partial charge on any atom is 0.269 e. The summed E-state index contributed by atoms with van der Waals surface area (Å²) in [5, 5.41) is 0. The highest BCUT2D eigenvalue weighted by Crippen LogP contribution is 2.21. The molecule has 2 amide bonds. The van der Waals surface area contributed by atoms with Gasteiger partial charge in [-0.3, -0.25) is 19.0 Å². The number of fused-ring (bicyclic) bond motifs is 1. The van der Waals surface area contributed by atoms with Gasteiger partial charge in [0.1, 0.15) is 6.54 Å². The zero-order valence-corrected chi connectivity index (χ0v) is 15.3. The van der Waals surface area contributed by atoms with Gasteiger partial charge in [-0.25, -0.2) is 4.98 Å². The molecule has 1 aromatic carbocycles. The molecule has 2 fully saturated rings. The molecule has 3 heterocycles. The van der Waals surface area contributed by atoms with Gasteiger partial charge >= 0.3 is 0 Å². The van der Waals surface area contributed by atoms with Crippen LogP contribution in [0.5, 0.6) is 0 Å². The van der Waals surface area contributed by atoms with Crippen LogP contribution in [-0.2, 0) is 16.1 Å². The first-order valence-electron chi connectivity index (χ1n) is 9.64. The first-order chi connectivity index (χ1) is 13.1. The Morgan fingerprint density at radius 2 is 1.78 bits per heavy atom. The number of rotatable bonds is 3. The van der Waals surface area contributed by atoms with Gasteiger partial charge in [0, 0.05) is 26.2 Å². The molecule has 0 saturated carbocycles. The van der Waals surface area contributed by atoms with E-state index in [2.05, 4.69) is 4.98 Å². The molecule has 2 saturated heterocycles. The normalized spacial score (nSPS) is 20.2. The molecule has 4 rings (SSSR count). The average molecular weight is 368 g/mol. The van der Waals surface area contributed by atoms with Crippen molar-refractivity contribution in [2.45, 2.75) is 32.2 Å². The van der Waals surface area contributed by atoms with Crippen molar-refractivity contribution < 1.29 is 9.59 Å². The lowest BCUT2D eigenvalue weighted by molar-refractivity contribution is -0.140. The number of amides is 2. The van der Waals surface area contributed by atoms with E-state index in [1.165, 1.54) is 10.8 Å². The minimum Gasteiger partial charge on any atom is -0.342 e. The zero-order valence-electron chi connectivity index (χ0n) is 15.3. The van der Waals surface area contributed by atoms with Crippen LogP contribution in [0.2, 0.25) is 0 Å². The lowest BCUT2D eigenvalue weighted by Gasteiger charge is -2.34. The highest BCUT2D eigenvalue weighted by molar-refractivity contribution is 5.82. The number of hydrogen-bond acceptors (Lipinski definition) is 4. The molecule has 2 aliphatic rings. The third-order valence-corrected chi connectivity index (χ3v) is 5.59. The van der Waals surface area contributed by atoms with Gasteiger partial charge in [-0.2, -0.15) is 0 Å².